The van der Waals surface area contributed by atoms with E-state index in [-0.39, 0.29) is 0 Å². The molecule has 0 unspecified atom stereocenters. The standard InChI is InChI=1S/C17H23NO2S/c1-5-13-6-8-14(9-7-13)20-11-10-15-18-12(2)16(21-15)17(3,4)19/h6-9,19H,5,10-11H2,1-4H3. The minimum Gasteiger partial charge on any atom is -0.493 e. The lowest BCUT2D eigenvalue weighted by Gasteiger charge is -2.15. The van der Waals surface area contributed by atoms with Crippen molar-refractivity contribution in [3.05, 3.63) is 45.4 Å². The highest BCUT2D eigenvalue weighted by Crippen LogP contribution is 2.29. The Labute approximate surface area is 130 Å². The number of thiazole rings is 1. The number of ether oxygens (including phenoxy) is 1. The van der Waals surface area contributed by atoms with E-state index in [9.17, 15) is 5.11 Å². The van der Waals surface area contributed by atoms with Crippen molar-refractivity contribution in [3.63, 3.8) is 0 Å². The minimum atomic E-state index is -0.823. The minimum absolute atomic E-state index is 0.601. The third-order valence-electron chi connectivity index (χ3n) is 3.31. The Bertz CT molecular complexity index is 582. The van der Waals surface area contributed by atoms with Crippen LogP contribution in [0.15, 0.2) is 24.3 Å². The number of aryl methyl sites for hydroxylation is 2. The summed E-state index contributed by atoms with van der Waals surface area (Å²) in [6.07, 6.45) is 1.80. The lowest BCUT2D eigenvalue weighted by Crippen LogP contribution is -2.14. The van der Waals surface area contributed by atoms with Crippen molar-refractivity contribution < 1.29 is 9.84 Å². The Morgan fingerprint density at radius 1 is 1.24 bits per heavy atom. The molecular weight excluding hydrogens is 282 g/mol. The Morgan fingerprint density at radius 3 is 2.43 bits per heavy atom. The molecule has 0 fully saturated rings. The summed E-state index contributed by atoms with van der Waals surface area (Å²) in [5, 5.41) is 11.1. The lowest BCUT2D eigenvalue weighted by atomic mass is 10.1. The molecule has 0 saturated carbocycles. The van der Waals surface area contributed by atoms with Crippen LogP contribution in [0.4, 0.5) is 0 Å². The zero-order valence-electron chi connectivity index (χ0n) is 13.1. The van der Waals surface area contributed by atoms with E-state index in [4.69, 9.17) is 4.74 Å². The first-order valence-electron chi connectivity index (χ1n) is 7.31. The number of aliphatic hydroxyl groups is 1. The van der Waals surface area contributed by atoms with Crippen LogP contribution in [0, 0.1) is 6.92 Å². The number of rotatable bonds is 6. The topological polar surface area (TPSA) is 42.4 Å². The van der Waals surface area contributed by atoms with E-state index in [1.165, 1.54) is 5.56 Å². The van der Waals surface area contributed by atoms with E-state index in [1.54, 1.807) is 25.2 Å². The summed E-state index contributed by atoms with van der Waals surface area (Å²) in [5.74, 6) is 0.892. The smallest absolute Gasteiger partial charge is 0.119 e. The first kappa shape index (κ1) is 16.0. The highest BCUT2D eigenvalue weighted by Gasteiger charge is 2.22. The van der Waals surface area contributed by atoms with Crippen molar-refractivity contribution in [1.82, 2.24) is 4.98 Å². The van der Waals surface area contributed by atoms with Crippen LogP contribution in [0.1, 0.15) is 41.9 Å². The SMILES string of the molecule is CCc1ccc(OCCc2nc(C)c(C(C)(C)O)s2)cc1. The molecule has 21 heavy (non-hydrogen) atoms. The molecule has 2 rings (SSSR count). The van der Waals surface area contributed by atoms with Gasteiger partial charge < -0.3 is 9.84 Å². The van der Waals surface area contributed by atoms with Gasteiger partial charge in [-0.05, 0) is 44.9 Å². The van der Waals surface area contributed by atoms with Crippen LogP contribution < -0.4 is 4.74 Å². The van der Waals surface area contributed by atoms with Crippen molar-refractivity contribution in [2.45, 2.75) is 46.1 Å². The predicted molar refractivity (Wildman–Crippen MR) is 87.1 cm³/mol. The molecule has 0 spiro atoms. The maximum atomic E-state index is 10.1. The van der Waals surface area contributed by atoms with Crippen LogP contribution in [0.2, 0.25) is 0 Å². The van der Waals surface area contributed by atoms with Gasteiger partial charge in [0.2, 0.25) is 0 Å². The number of benzene rings is 1. The van der Waals surface area contributed by atoms with Crippen molar-refractivity contribution in [3.8, 4) is 5.75 Å². The number of hydrogen-bond acceptors (Lipinski definition) is 4. The van der Waals surface area contributed by atoms with Gasteiger partial charge in [0.1, 0.15) is 5.75 Å². The lowest BCUT2D eigenvalue weighted by molar-refractivity contribution is 0.0817. The van der Waals surface area contributed by atoms with Crippen LogP contribution in [-0.4, -0.2) is 16.7 Å². The molecule has 2 aromatic rings. The second kappa shape index (κ2) is 6.58. The maximum absolute atomic E-state index is 10.1. The summed E-state index contributed by atoms with van der Waals surface area (Å²) in [5.41, 5.74) is 1.40. The van der Waals surface area contributed by atoms with Crippen molar-refractivity contribution in [1.29, 1.82) is 0 Å². The average Bonchev–Trinajstić information content (AvgIpc) is 2.81. The molecule has 1 heterocycles. The summed E-state index contributed by atoms with van der Waals surface area (Å²) < 4.78 is 5.75. The van der Waals surface area contributed by atoms with Crippen LogP contribution in [0.5, 0.6) is 5.75 Å². The number of nitrogens with zero attached hydrogens (tertiary/aromatic N) is 1. The van der Waals surface area contributed by atoms with Crippen molar-refractivity contribution in [2.24, 2.45) is 0 Å². The number of aromatic nitrogens is 1. The molecule has 0 amide bonds. The average molecular weight is 305 g/mol. The van der Waals surface area contributed by atoms with Gasteiger partial charge in [-0.15, -0.1) is 11.3 Å². The summed E-state index contributed by atoms with van der Waals surface area (Å²) in [6.45, 7) is 8.27. The second-order valence-corrected chi connectivity index (χ2v) is 6.76. The molecule has 0 aliphatic rings. The van der Waals surface area contributed by atoms with Crippen LogP contribution in [0.25, 0.3) is 0 Å². The van der Waals surface area contributed by atoms with Gasteiger partial charge in [-0.1, -0.05) is 19.1 Å². The fourth-order valence-corrected chi connectivity index (χ4v) is 3.25. The van der Waals surface area contributed by atoms with Crippen molar-refractivity contribution in [2.75, 3.05) is 6.61 Å². The zero-order valence-corrected chi connectivity index (χ0v) is 14.0. The summed E-state index contributed by atoms with van der Waals surface area (Å²) >= 11 is 1.57. The van der Waals surface area contributed by atoms with Gasteiger partial charge in [-0.2, -0.15) is 0 Å². The monoisotopic (exact) mass is 305 g/mol. The molecule has 4 heteroatoms. The molecule has 0 bridgehead atoms. The molecule has 114 valence electrons. The van der Waals surface area contributed by atoms with E-state index < -0.39 is 5.60 Å². The van der Waals surface area contributed by atoms with Crippen LogP contribution in [0.3, 0.4) is 0 Å². The molecule has 0 atom stereocenters. The van der Waals surface area contributed by atoms with Gasteiger partial charge in [0, 0.05) is 6.42 Å². The first-order valence-corrected chi connectivity index (χ1v) is 8.12. The highest BCUT2D eigenvalue weighted by atomic mass is 32.1. The summed E-state index contributed by atoms with van der Waals surface area (Å²) in [6, 6.07) is 8.20. The Kier molecular flexibility index (Phi) is 5.01. The van der Waals surface area contributed by atoms with E-state index >= 15 is 0 Å². The third-order valence-corrected chi connectivity index (χ3v) is 4.84. The molecule has 1 aromatic heterocycles. The molecule has 0 aliphatic carbocycles. The van der Waals surface area contributed by atoms with Gasteiger partial charge in [-0.3, -0.25) is 0 Å². The van der Waals surface area contributed by atoms with Crippen LogP contribution >= 0.6 is 11.3 Å². The third kappa shape index (κ3) is 4.29. The van der Waals surface area contributed by atoms with E-state index in [0.717, 1.165) is 34.2 Å². The van der Waals surface area contributed by atoms with Gasteiger partial charge in [-0.25, -0.2) is 4.98 Å². The largest absolute Gasteiger partial charge is 0.493 e. The molecular formula is C17H23NO2S. The molecule has 1 aromatic carbocycles. The van der Waals surface area contributed by atoms with Gasteiger partial charge >= 0.3 is 0 Å². The Morgan fingerprint density at radius 2 is 1.90 bits per heavy atom. The molecule has 0 saturated heterocycles. The molecule has 0 aliphatic heterocycles. The maximum Gasteiger partial charge on any atom is 0.119 e. The van der Waals surface area contributed by atoms with Gasteiger partial charge in [0.25, 0.3) is 0 Å². The second-order valence-electron chi connectivity index (χ2n) is 5.68. The van der Waals surface area contributed by atoms with Gasteiger partial charge in [0.15, 0.2) is 0 Å². The molecule has 3 nitrogen and oxygen atoms in total. The normalized spacial score (nSPS) is 11.7. The highest BCUT2D eigenvalue weighted by molar-refractivity contribution is 7.11. The fraction of sp³-hybridized carbons (Fsp3) is 0.471. The van der Waals surface area contributed by atoms with E-state index in [2.05, 4.69) is 24.0 Å². The van der Waals surface area contributed by atoms with E-state index in [0.29, 0.717) is 6.61 Å². The summed E-state index contributed by atoms with van der Waals surface area (Å²) in [4.78, 5) is 5.45. The fourth-order valence-electron chi connectivity index (χ4n) is 2.20. The summed E-state index contributed by atoms with van der Waals surface area (Å²) in [7, 11) is 0. The molecule has 0 radical (unpaired) electrons. The number of hydrogen-bond donors (Lipinski definition) is 1. The van der Waals surface area contributed by atoms with Gasteiger partial charge in [0.05, 0.1) is 27.8 Å². The molecule has 1 N–H and O–H groups in total. The van der Waals surface area contributed by atoms with E-state index in [1.807, 2.05) is 19.1 Å². The first-order chi connectivity index (χ1) is 9.90. The Balaban J connectivity index is 1.91. The Hall–Kier alpha value is -1.39. The predicted octanol–water partition coefficient (Wildman–Crippen LogP) is 3.86. The van der Waals surface area contributed by atoms with Crippen molar-refractivity contribution >= 4 is 11.3 Å². The van der Waals surface area contributed by atoms with Crippen LogP contribution in [-0.2, 0) is 18.4 Å². The zero-order chi connectivity index (χ0) is 15.5. The quantitative estimate of drug-likeness (QED) is 0.881.